The summed E-state index contributed by atoms with van der Waals surface area (Å²) in [6.07, 6.45) is 1.58. The van der Waals surface area contributed by atoms with Crippen molar-refractivity contribution in [3.63, 3.8) is 0 Å². The molecule has 0 bridgehead atoms. The molecule has 0 spiro atoms. The van der Waals surface area contributed by atoms with Gasteiger partial charge < -0.3 is 15.0 Å². The van der Waals surface area contributed by atoms with Crippen molar-refractivity contribution in [2.45, 2.75) is 0 Å². The fourth-order valence-corrected chi connectivity index (χ4v) is 2.58. The minimum absolute atomic E-state index is 0.348. The third-order valence-corrected chi connectivity index (χ3v) is 3.98. The van der Waals surface area contributed by atoms with Crippen LogP contribution in [0.4, 0.5) is 5.69 Å². The molecule has 0 aliphatic rings. The Hall–Kier alpha value is -2.60. The number of hydrogen-bond donors (Lipinski definition) is 2. The van der Waals surface area contributed by atoms with E-state index in [1.54, 1.807) is 18.3 Å². The predicted octanol–water partition coefficient (Wildman–Crippen LogP) is 3.73. The van der Waals surface area contributed by atoms with E-state index in [1.807, 2.05) is 36.4 Å². The minimum Gasteiger partial charge on any atom is -0.452 e. The molecular formula is C17H13BrN2O3. The molecule has 116 valence electrons. The van der Waals surface area contributed by atoms with Crippen molar-refractivity contribution >= 4 is 44.4 Å². The summed E-state index contributed by atoms with van der Waals surface area (Å²) in [7, 11) is 0. The maximum absolute atomic E-state index is 12.1. The van der Waals surface area contributed by atoms with Gasteiger partial charge in [0.05, 0.1) is 11.3 Å². The van der Waals surface area contributed by atoms with Crippen LogP contribution in [0.3, 0.4) is 0 Å². The molecule has 0 aliphatic carbocycles. The number of ether oxygens (including phenoxy) is 1. The fraction of sp³-hybridized carbons (Fsp3) is 0.0588. The van der Waals surface area contributed by atoms with E-state index in [9.17, 15) is 9.59 Å². The Kier molecular flexibility index (Phi) is 4.43. The smallest absolute Gasteiger partial charge is 0.340 e. The summed E-state index contributed by atoms with van der Waals surface area (Å²) >= 11 is 3.34. The maximum atomic E-state index is 12.1. The monoisotopic (exact) mass is 372 g/mol. The molecule has 0 saturated carbocycles. The summed E-state index contributed by atoms with van der Waals surface area (Å²) in [5, 5.41) is 3.44. The lowest BCUT2D eigenvalue weighted by Gasteiger charge is -2.07. The summed E-state index contributed by atoms with van der Waals surface area (Å²) in [6, 6.07) is 14.6. The SMILES string of the molecule is O=C(COC(=O)c1c[nH]c2ccccc12)Nc1ccccc1Br. The zero-order valence-electron chi connectivity index (χ0n) is 12.0. The number of fused-ring (bicyclic) bond motifs is 1. The Bertz CT molecular complexity index is 873. The zero-order chi connectivity index (χ0) is 16.2. The third-order valence-electron chi connectivity index (χ3n) is 3.29. The molecule has 2 aromatic carbocycles. The highest BCUT2D eigenvalue weighted by Crippen LogP contribution is 2.21. The lowest BCUT2D eigenvalue weighted by Crippen LogP contribution is -2.21. The molecule has 0 radical (unpaired) electrons. The van der Waals surface area contributed by atoms with Gasteiger partial charge >= 0.3 is 5.97 Å². The first-order chi connectivity index (χ1) is 11.1. The Morgan fingerprint density at radius 1 is 1.09 bits per heavy atom. The second kappa shape index (κ2) is 6.66. The van der Waals surface area contributed by atoms with Crippen molar-refractivity contribution in [2.75, 3.05) is 11.9 Å². The highest BCUT2D eigenvalue weighted by molar-refractivity contribution is 9.10. The van der Waals surface area contributed by atoms with Crippen LogP contribution in [0.5, 0.6) is 0 Å². The second-order valence-corrected chi connectivity index (χ2v) is 5.71. The average molecular weight is 373 g/mol. The van der Waals surface area contributed by atoms with Crippen molar-refractivity contribution in [1.29, 1.82) is 0 Å². The number of aromatic nitrogens is 1. The van der Waals surface area contributed by atoms with E-state index in [1.165, 1.54) is 0 Å². The normalized spacial score (nSPS) is 10.5. The third kappa shape index (κ3) is 3.43. The van der Waals surface area contributed by atoms with Crippen LogP contribution < -0.4 is 5.32 Å². The van der Waals surface area contributed by atoms with E-state index < -0.39 is 11.9 Å². The van der Waals surface area contributed by atoms with Crippen molar-refractivity contribution < 1.29 is 14.3 Å². The molecule has 1 heterocycles. The summed E-state index contributed by atoms with van der Waals surface area (Å²) in [4.78, 5) is 27.0. The topological polar surface area (TPSA) is 71.2 Å². The van der Waals surface area contributed by atoms with Crippen molar-refractivity contribution in [3.05, 3.63) is 64.8 Å². The molecule has 0 aliphatic heterocycles. The van der Waals surface area contributed by atoms with Crippen molar-refractivity contribution in [3.8, 4) is 0 Å². The molecule has 0 fully saturated rings. The molecule has 1 aromatic heterocycles. The number of benzene rings is 2. The van der Waals surface area contributed by atoms with Crippen LogP contribution in [-0.2, 0) is 9.53 Å². The van der Waals surface area contributed by atoms with Crippen LogP contribution in [0.1, 0.15) is 10.4 Å². The van der Waals surface area contributed by atoms with E-state index in [0.29, 0.717) is 11.3 Å². The van der Waals surface area contributed by atoms with Crippen molar-refractivity contribution in [1.82, 2.24) is 4.98 Å². The van der Waals surface area contributed by atoms with Crippen LogP contribution in [0.25, 0.3) is 10.9 Å². The molecule has 6 heteroatoms. The van der Waals surface area contributed by atoms with Gasteiger partial charge in [0.2, 0.25) is 0 Å². The van der Waals surface area contributed by atoms with Crippen molar-refractivity contribution in [2.24, 2.45) is 0 Å². The van der Waals surface area contributed by atoms with Gasteiger partial charge in [-0.3, -0.25) is 4.79 Å². The van der Waals surface area contributed by atoms with Gasteiger partial charge in [-0.15, -0.1) is 0 Å². The number of rotatable bonds is 4. The Morgan fingerprint density at radius 2 is 1.83 bits per heavy atom. The lowest BCUT2D eigenvalue weighted by molar-refractivity contribution is -0.119. The number of para-hydroxylation sites is 2. The molecule has 1 amide bonds. The van der Waals surface area contributed by atoms with Gasteiger partial charge in [-0.25, -0.2) is 4.79 Å². The molecule has 3 rings (SSSR count). The van der Waals surface area contributed by atoms with E-state index in [-0.39, 0.29) is 6.61 Å². The number of halogens is 1. The summed E-state index contributed by atoms with van der Waals surface area (Å²) in [6.45, 7) is -0.348. The maximum Gasteiger partial charge on any atom is 0.340 e. The standard InChI is InChI=1S/C17H13BrN2O3/c18-13-6-2-4-8-15(13)20-16(21)10-23-17(22)12-9-19-14-7-3-1-5-11(12)14/h1-9,19H,10H2,(H,20,21). The molecule has 5 nitrogen and oxygen atoms in total. The quantitative estimate of drug-likeness (QED) is 0.685. The zero-order valence-corrected chi connectivity index (χ0v) is 13.6. The number of aromatic amines is 1. The predicted molar refractivity (Wildman–Crippen MR) is 91.4 cm³/mol. The number of H-pyrrole nitrogens is 1. The van der Waals surface area contributed by atoms with E-state index in [2.05, 4.69) is 26.2 Å². The first-order valence-corrected chi connectivity index (χ1v) is 7.72. The fourth-order valence-electron chi connectivity index (χ4n) is 2.20. The Morgan fingerprint density at radius 3 is 2.65 bits per heavy atom. The summed E-state index contributed by atoms with van der Waals surface area (Å²) in [5.74, 6) is -0.935. The lowest BCUT2D eigenvalue weighted by atomic mass is 10.2. The molecule has 2 N–H and O–H groups in total. The highest BCUT2D eigenvalue weighted by Gasteiger charge is 2.15. The summed E-state index contributed by atoms with van der Waals surface area (Å²) in [5.41, 5.74) is 1.88. The number of hydrogen-bond acceptors (Lipinski definition) is 3. The number of nitrogens with one attached hydrogen (secondary N) is 2. The number of amides is 1. The molecule has 23 heavy (non-hydrogen) atoms. The second-order valence-electron chi connectivity index (χ2n) is 4.85. The van der Waals surface area contributed by atoms with E-state index in [4.69, 9.17) is 4.74 Å². The molecule has 3 aromatic rings. The van der Waals surface area contributed by atoms with E-state index in [0.717, 1.165) is 15.4 Å². The van der Waals surface area contributed by atoms with Gasteiger partial charge in [-0.2, -0.15) is 0 Å². The minimum atomic E-state index is -0.537. The largest absolute Gasteiger partial charge is 0.452 e. The molecule has 0 unspecified atom stereocenters. The number of carbonyl (C=O) groups is 2. The Balaban J connectivity index is 1.63. The Labute approximate surface area is 140 Å². The van der Waals surface area contributed by atoms with Gasteiger partial charge in [-0.1, -0.05) is 30.3 Å². The molecular weight excluding hydrogens is 360 g/mol. The van der Waals surface area contributed by atoms with Gasteiger partial charge in [0.25, 0.3) is 5.91 Å². The first-order valence-electron chi connectivity index (χ1n) is 6.93. The van der Waals surface area contributed by atoms with Crippen LogP contribution in [0.15, 0.2) is 59.2 Å². The van der Waals surface area contributed by atoms with Gasteiger partial charge in [0, 0.05) is 21.6 Å². The van der Waals surface area contributed by atoms with Gasteiger partial charge in [0.15, 0.2) is 6.61 Å². The molecule has 0 saturated heterocycles. The average Bonchev–Trinajstić information content (AvgIpc) is 2.99. The van der Waals surface area contributed by atoms with Crippen LogP contribution in [-0.4, -0.2) is 23.5 Å². The van der Waals surface area contributed by atoms with E-state index >= 15 is 0 Å². The van der Waals surface area contributed by atoms with Crippen LogP contribution in [0, 0.1) is 0 Å². The number of anilines is 1. The number of esters is 1. The van der Waals surface area contributed by atoms with Gasteiger partial charge in [0.1, 0.15) is 0 Å². The number of carbonyl (C=O) groups excluding carboxylic acids is 2. The first kappa shape index (κ1) is 15.3. The van der Waals surface area contributed by atoms with Crippen LogP contribution >= 0.6 is 15.9 Å². The van der Waals surface area contributed by atoms with Gasteiger partial charge in [-0.05, 0) is 34.1 Å². The molecule has 0 atom stereocenters. The van der Waals surface area contributed by atoms with Crippen LogP contribution in [0.2, 0.25) is 0 Å². The summed E-state index contributed by atoms with van der Waals surface area (Å²) < 4.78 is 5.84. The highest BCUT2D eigenvalue weighted by atomic mass is 79.9.